The molecular formula is C14H17FO2. The number of carbonyl (C=O) groups excluding carboxylic acids is 1. The van der Waals surface area contributed by atoms with E-state index in [0.717, 1.165) is 12.8 Å². The lowest BCUT2D eigenvalue weighted by atomic mass is 9.61. The summed E-state index contributed by atoms with van der Waals surface area (Å²) in [4.78, 5) is 11.7. The smallest absolute Gasteiger partial charge is 0.165 e. The van der Waals surface area contributed by atoms with E-state index in [1.165, 1.54) is 6.07 Å². The fourth-order valence-electron chi connectivity index (χ4n) is 2.56. The first-order valence-electron chi connectivity index (χ1n) is 6.08. The van der Waals surface area contributed by atoms with Gasteiger partial charge in [-0.25, -0.2) is 4.39 Å². The van der Waals surface area contributed by atoms with Crippen LogP contribution in [-0.2, 0) is 4.79 Å². The summed E-state index contributed by atoms with van der Waals surface area (Å²) in [7, 11) is 0. The zero-order chi connectivity index (χ0) is 12.5. The van der Waals surface area contributed by atoms with Gasteiger partial charge in [0.05, 0.1) is 5.41 Å². The summed E-state index contributed by atoms with van der Waals surface area (Å²) in [6.45, 7) is 3.97. The maximum absolute atomic E-state index is 13.5. The van der Waals surface area contributed by atoms with Crippen molar-refractivity contribution in [1.82, 2.24) is 0 Å². The lowest BCUT2D eigenvalue weighted by Gasteiger charge is -2.46. The van der Waals surface area contributed by atoms with E-state index in [9.17, 15) is 9.18 Å². The van der Waals surface area contributed by atoms with Gasteiger partial charge in [-0.1, -0.05) is 26.0 Å². The van der Waals surface area contributed by atoms with Crippen molar-refractivity contribution in [3.63, 3.8) is 0 Å². The van der Waals surface area contributed by atoms with E-state index in [4.69, 9.17) is 4.74 Å². The third-order valence-corrected chi connectivity index (χ3v) is 3.91. The molecule has 0 heterocycles. The van der Waals surface area contributed by atoms with Crippen LogP contribution < -0.4 is 4.74 Å². The molecule has 1 saturated carbocycles. The Hall–Kier alpha value is -1.38. The molecule has 1 unspecified atom stereocenters. The number of ether oxygens (including phenoxy) is 1. The highest BCUT2D eigenvalue weighted by Gasteiger charge is 2.54. The molecule has 2 rings (SSSR count). The lowest BCUT2D eigenvalue weighted by Crippen LogP contribution is -2.56. The molecule has 0 N–H and O–H groups in total. The van der Waals surface area contributed by atoms with E-state index in [0.29, 0.717) is 6.42 Å². The van der Waals surface area contributed by atoms with Gasteiger partial charge in [0, 0.05) is 6.42 Å². The second-order valence-corrected chi connectivity index (χ2v) is 4.53. The molecule has 17 heavy (non-hydrogen) atoms. The predicted octanol–water partition coefficient (Wildman–Crippen LogP) is 3.35. The van der Waals surface area contributed by atoms with Crippen molar-refractivity contribution in [2.24, 2.45) is 5.41 Å². The molecule has 1 aliphatic rings. The summed E-state index contributed by atoms with van der Waals surface area (Å²) in [5.41, 5.74) is -0.401. The van der Waals surface area contributed by atoms with Crippen LogP contribution in [0, 0.1) is 11.2 Å². The third kappa shape index (κ3) is 1.84. The van der Waals surface area contributed by atoms with Crippen molar-refractivity contribution < 1.29 is 13.9 Å². The van der Waals surface area contributed by atoms with E-state index in [2.05, 4.69) is 0 Å². The van der Waals surface area contributed by atoms with Crippen LogP contribution in [0.2, 0.25) is 0 Å². The Morgan fingerprint density at radius 3 is 2.53 bits per heavy atom. The Kier molecular flexibility index (Phi) is 3.18. The average Bonchev–Trinajstić information content (AvgIpc) is 2.33. The minimum absolute atomic E-state index is 0.179. The molecule has 0 radical (unpaired) electrons. The van der Waals surface area contributed by atoms with Crippen molar-refractivity contribution in [1.29, 1.82) is 0 Å². The maximum Gasteiger partial charge on any atom is 0.165 e. The standard InChI is InChI=1S/C14H17FO2/c1-3-14(4-2)12(16)9-13(14)17-11-8-6-5-7-10(11)15/h5-8,13H,3-4,9H2,1-2H3. The Labute approximate surface area is 101 Å². The molecule has 1 aromatic rings. The van der Waals surface area contributed by atoms with Crippen LogP contribution in [-0.4, -0.2) is 11.9 Å². The van der Waals surface area contributed by atoms with Gasteiger partial charge in [-0.05, 0) is 25.0 Å². The van der Waals surface area contributed by atoms with Crippen LogP contribution in [0.25, 0.3) is 0 Å². The molecule has 1 aliphatic carbocycles. The number of hydrogen-bond acceptors (Lipinski definition) is 2. The number of para-hydroxylation sites is 1. The monoisotopic (exact) mass is 236 g/mol. The first kappa shape index (κ1) is 12.1. The van der Waals surface area contributed by atoms with Crippen LogP contribution >= 0.6 is 0 Å². The van der Waals surface area contributed by atoms with Gasteiger partial charge in [0.2, 0.25) is 0 Å². The largest absolute Gasteiger partial charge is 0.486 e. The van der Waals surface area contributed by atoms with Gasteiger partial charge in [-0.15, -0.1) is 0 Å². The molecule has 0 amide bonds. The normalized spacial score (nSPS) is 22.1. The van der Waals surface area contributed by atoms with E-state index in [1.807, 2.05) is 13.8 Å². The van der Waals surface area contributed by atoms with Crippen LogP contribution in [0.15, 0.2) is 24.3 Å². The van der Waals surface area contributed by atoms with E-state index >= 15 is 0 Å². The first-order valence-corrected chi connectivity index (χ1v) is 6.08. The SMILES string of the molecule is CCC1(CC)C(=O)CC1Oc1ccccc1F. The number of Topliss-reactive ketones (excluding diaryl/α,β-unsaturated/α-hetero) is 1. The van der Waals surface area contributed by atoms with Crippen molar-refractivity contribution in [3.8, 4) is 5.75 Å². The highest BCUT2D eigenvalue weighted by Crippen LogP contribution is 2.45. The Bertz CT molecular complexity index is 424. The third-order valence-electron chi connectivity index (χ3n) is 3.91. The van der Waals surface area contributed by atoms with Crippen LogP contribution in [0.5, 0.6) is 5.75 Å². The first-order chi connectivity index (χ1) is 8.14. The minimum Gasteiger partial charge on any atom is -0.486 e. The van der Waals surface area contributed by atoms with Gasteiger partial charge in [0.1, 0.15) is 11.9 Å². The highest BCUT2D eigenvalue weighted by molar-refractivity contribution is 5.92. The average molecular weight is 236 g/mol. The maximum atomic E-state index is 13.5. The highest BCUT2D eigenvalue weighted by atomic mass is 19.1. The summed E-state index contributed by atoms with van der Waals surface area (Å²) in [5, 5.41) is 0. The number of halogens is 1. The van der Waals surface area contributed by atoms with Crippen molar-refractivity contribution in [3.05, 3.63) is 30.1 Å². The minimum atomic E-state index is -0.401. The van der Waals surface area contributed by atoms with Crippen molar-refractivity contribution in [2.75, 3.05) is 0 Å². The number of rotatable bonds is 4. The predicted molar refractivity (Wildman–Crippen MR) is 63.5 cm³/mol. The van der Waals surface area contributed by atoms with E-state index in [1.54, 1.807) is 18.2 Å². The fraction of sp³-hybridized carbons (Fsp3) is 0.500. The molecule has 1 aromatic carbocycles. The summed E-state index contributed by atoms with van der Waals surface area (Å²) in [6.07, 6.45) is 1.72. The van der Waals surface area contributed by atoms with Crippen molar-refractivity contribution >= 4 is 5.78 Å². The second kappa shape index (κ2) is 4.47. The molecule has 0 aliphatic heterocycles. The molecule has 1 atom stereocenters. The van der Waals surface area contributed by atoms with Gasteiger partial charge >= 0.3 is 0 Å². The molecule has 2 nitrogen and oxygen atoms in total. The van der Waals surface area contributed by atoms with Crippen molar-refractivity contribution in [2.45, 2.75) is 39.2 Å². The Balaban J connectivity index is 2.16. The van der Waals surface area contributed by atoms with Crippen LogP contribution in [0.1, 0.15) is 33.1 Å². The topological polar surface area (TPSA) is 26.3 Å². The van der Waals surface area contributed by atoms with E-state index in [-0.39, 0.29) is 23.5 Å². The van der Waals surface area contributed by atoms with E-state index < -0.39 is 5.41 Å². The Morgan fingerprint density at radius 2 is 2.00 bits per heavy atom. The van der Waals surface area contributed by atoms with Gasteiger partial charge in [0.15, 0.2) is 11.6 Å². The quantitative estimate of drug-likeness (QED) is 0.801. The number of carbonyl (C=O) groups is 1. The second-order valence-electron chi connectivity index (χ2n) is 4.53. The molecule has 0 saturated heterocycles. The zero-order valence-electron chi connectivity index (χ0n) is 10.2. The number of benzene rings is 1. The summed E-state index contributed by atoms with van der Waals surface area (Å²) >= 11 is 0. The van der Waals surface area contributed by atoms with Crippen LogP contribution in [0.3, 0.4) is 0 Å². The molecule has 0 bridgehead atoms. The number of ketones is 1. The van der Waals surface area contributed by atoms with Gasteiger partial charge in [-0.3, -0.25) is 4.79 Å². The molecule has 1 fully saturated rings. The lowest BCUT2D eigenvalue weighted by molar-refractivity contribution is -0.153. The van der Waals surface area contributed by atoms with Gasteiger partial charge in [-0.2, -0.15) is 0 Å². The summed E-state index contributed by atoms with van der Waals surface area (Å²) in [5.74, 6) is 0.119. The van der Waals surface area contributed by atoms with Gasteiger partial charge < -0.3 is 4.74 Å². The zero-order valence-corrected chi connectivity index (χ0v) is 10.2. The molecule has 3 heteroatoms. The molecule has 92 valence electrons. The molecule has 0 spiro atoms. The Morgan fingerprint density at radius 1 is 1.35 bits per heavy atom. The molecular weight excluding hydrogens is 219 g/mol. The summed E-state index contributed by atoms with van der Waals surface area (Å²) in [6, 6.07) is 6.34. The summed E-state index contributed by atoms with van der Waals surface area (Å²) < 4.78 is 19.1. The number of hydrogen-bond donors (Lipinski definition) is 0. The molecule has 0 aromatic heterocycles. The fourth-order valence-corrected chi connectivity index (χ4v) is 2.56. The van der Waals surface area contributed by atoms with Gasteiger partial charge in [0.25, 0.3) is 0 Å². The van der Waals surface area contributed by atoms with Crippen LogP contribution in [0.4, 0.5) is 4.39 Å².